The summed E-state index contributed by atoms with van der Waals surface area (Å²) in [6.07, 6.45) is 0.533. The van der Waals surface area contributed by atoms with Crippen molar-refractivity contribution < 1.29 is 26.7 Å². The third-order valence-corrected chi connectivity index (χ3v) is 5.21. The van der Waals surface area contributed by atoms with Gasteiger partial charge in [-0.25, -0.2) is 27.0 Å². The summed E-state index contributed by atoms with van der Waals surface area (Å²) in [6, 6.07) is 7.49. The second-order valence-electron chi connectivity index (χ2n) is 6.64. The highest BCUT2D eigenvalue weighted by atomic mass is 19.2. The third kappa shape index (κ3) is 2.21. The van der Waals surface area contributed by atoms with Crippen LogP contribution in [0.3, 0.4) is 0 Å². The van der Waals surface area contributed by atoms with E-state index in [1.165, 1.54) is 0 Å². The number of hydrazone groups is 1. The van der Waals surface area contributed by atoms with Crippen molar-refractivity contribution in [3.05, 3.63) is 64.5 Å². The van der Waals surface area contributed by atoms with Gasteiger partial charge in [-0.15, -0.1) is 0 Å². The van der Waals surface area contributed by atoms with Gasteiger partial charge in [0.2, 0.25) is 5.82 Å². The van der Waals surface area contributed by atoms with Crippen molar-refractivity contribution in [2.75, 3.05) is 18.3 Å². The van der Waals surface area contributed by atoms with Crippen LogP contribution in [0.1, 0.15) is 17.2 Å². The predicted molar refractivity (Wildman–Crippen MR) is 85.5 cm³/mol. The van der Waals surface area contributed by atoms with Crippen molar-refractivity contribution in [3.63, 3.8) is 0 Å². The zero-order valence-electron chi connectivity index (χ0n) is 13.7. The summed E-state index contributed by atoms with van der Waals surface area (Å²) < 4.78 is 74.6. The lowest BCUT2D eigenvalue weighted by atomic mass is 10.1. The highest BCUT2D eigenvalue weighted by Gasteiger charge is 2.46. The van der Waals surface area contributed by atoms with Gasteiger partial charge < -0.3 is 9.64 Å². The number of anilines is 1. The van der Waals surface area contributed by atoms with E-state index >= 15 is 0 Å². The molecule has 140 valence electrons. The molecule has 2 atom stereocenters. The summed E-state index contributed by atoms with van der Waals surface area (Å²) >= 11 is 0. The summed E-state index contributed by atoms with van der Waals surface area (Å²) in [7, 11) is 0. The van der Waals surface area contributed by atoms with E-state index in [4.69, 9.17) is 4.74 Å². The number of fused-ring (bicyclic) bond motifs is 5. The summed E-state index contributed by atoms with van der Waals surface area (Å²) in [6.45, 7) is -0.0341. The van der Waals surface area contributed by atoms with Crippen LogP contribution < -0.4 is 5.01 Å². The number of benzene rings is 2. The van der Waals surface area contributed by atoms with Gasteiger partial charge in [0.05, 0.1) is 12.1 Å². The van der Waals surface area contributed by atoms with E-state index in [-0.39, 0.29) is 25.4 Å². The van der Waals surface area contributed by atoms with Crippen molar-refractivity contribution in [1.29, 1.82) is 0 Å². The average molecular weight is 381 g/mol. The van der Waals surface area contributed by atoms with Crippen molar-refractivity contribution in [1.82, 2.24) is 4.90 Å². The van der Waals surface area contributed by atoms with E-state index in [0.29, 0.717) is 12.3 Å². The zero-order valence-corrected chi connectivity index (χ0v) is 13.7. The topological polar surface area (TPSA) is 28.1 Å². The highest BCUT2D eigenvalue weighted by Crippen LogP contribution is 2.43. The van der Waals surface area contributed by atoms with Crippen LogP contribution in [0, 0.1) is 29.1 Å². The number of rotatable bonds is 1. The molecule has 1 aliphatic carbocycles. The van der Waals surface area contributed by atoms with Gasteiger partial charge in [-0.2, -0.15) is 5.10 Å². The Balaban J connectivity index is 1.55. The van der Waals surface area contributed by atoms with Crippen molar-refractivity contribution in [2.24, 2.45) is 5.10 Å². The van der Waals surface area contributed by atoms with Crippen LogP contribution in [-0.4, -0.2) is 30.1 Å². The predicted octanol–water partition coefficient (Wildman–Crippen LogP) is 3.47. The standard InChI is InChI=1S/C18H12F5N3O/c19-12-13(20)15(22)18(16(23)14(12)21)26-7-25-11(24-26)6-27-10-5-8-3-1-2-4-9(8)17(10)25/h1-4,10,17H,5-7H2. The molecule has 0 radical (unpaired) electrons. The maximum atomic E-state index is 14.2. The number of morpholine rings is 1. The first kappa shape index (κ1) is 16.5. The Labute approximate surface area is 150 Å². The molecule has 3 aliphatic rings. The van der Waals surface area contributed by atoms with Crippen LogP contribution in [0.4, 0.5) is 27.6 Å². The van der Waals surface area contributed by atoms with Gasteiger partial charge in [0, 0.05) is 6.42 Å². The lowest BCUT2D eigenvalue weighted by Gasteiger charge is -2.36. The quantitative estimate of drug-likeness (QED) is 0.430. The minimum absolute atomic E-state index is 0.0983. The van der Waals surface area contributed by atoms with Crippen molar-refractivity contribution >= 4 is 11.5 Å². The molecule has 1 saturated heterocycles. The average Bonchev–Trinajstić information content (AvgIpc) is 3.25. The van der Waals surface area contributed by atoms with E-state index in [9.17, 15) is 22.0 Å². The summed E-state index contributed by atoms with van der Waals surface area (Å²) in [5.74, 6) is -9.59. The largest absolute Gasteiger partial charge is 0.367 e. The monoisotopic (exact) mass is 381 g/mol. The van der Waals surface area contributed by atoms with E-state index in [0.717, 1.165) is 16.1 Å². The number of nitrogens with zero attached hydrogens (tertiary/aromatic N) is 3. The van der Waals surface area contributed by atoms with Gasteiger partial charge in [-0.3, -0.25) is 0 Å². The van der Waals surface area contributed by atoms with Gasteiger partial charge in [0.15, 0.2) is 29.1 Å². The van der Waals surface area contributed by atoms with Crippen LogP contribution in [0.2, 0.25) is 0 Å². The normalized spacial score (nSPS) is 23.2. The molecule has 0 saturated carbocycles. The van der Waals surface area contributed by atoms with Crippen molar-refractivity contribution in [2.45, 2.75) is 18.6 Å². The third-order valence-electron chi connectivity index (χ3n) is 5.21. The molecular weight excluding hydrogens is 369 g/mol. The molecule has 2 aromatic rings. The number of ether oxygens (including phenoxy) is 1. The lowest BCUT2D eigenvalue weighted by molar-refractivity contribution is 0.00535. The molecule has 1 fully saturated rings. The first-order valence-corrected chi connectivity index (χ1v) is 8.30. The molecule has 0 spiro atoms. The molecule has 0 N–H and O–H groups in total. The highest BCUT2D eigenvalue weighted by molar-refractivity contribution is 5.88. The molecule has 2 aromatic carbocycles. The van der Waals surface area contributed by atoms with E-state index in [2.05, 4.69) is 5.10 Å². The Morgan fingerprint density at radius 1 is 0.926 bits per heavy atom. The van der Waals surface area contributed by atoms with Crippen LogP contribution in [0.15, 0.2) is 29.4 Å². The Hall–Kier alpha value is -2.68. The zero-order chi connectivity index (χ0) is 18.9. The van der Waals surface area contributed by atoms with Crippen LogP contribution >= 0.6 is 0 Å². The molecule has 2 aliphatic heterocycles. The van der Waals surface area contributed by atoms with E-state index < -0.39 is 34.8 Å². The van der Waals surface area contributed by atoms with E-state index in [1.807, 2.05) is 24.3 Å². The van der Waals surface area contributed by atoms with Crippen molar-refractivity contribution in [3.8, 4) is 0 Å². The smallest absolute Gasteiger partial charge is 0.200 e. The summed E-state index contributed by atoms with van der Waals surface area (Å²) in [5, 5.41) is 4.87. The molecule has 0 bridgehead atoms. The van der Waals surface area contributed by atoms with Gasteiger partial charge >= 0.3 is 0 Å². The fourth-order valence-corrected chi connectivity index (χ4v) is 3.99. The Kier molecular flexibility index (Phi) is 3.45. The summed E-state index contributed by atoms with van der Waals surface area (Å²) in [5.41, 5.74) is 1.05. The minimum atomic E-state index is -2.19. The van der Waals surface area contributed by atoms with Crippen LogP contribution in [-0.2, 0) is 11.2 Å². The lowest BCUT2D eigenvalue weighted by Crippen LogP contribution is -2.46. The fraction of sp³-hybridized carbons (Fsp3) is 0.278. The second-order valence-corrected chi connectivity index (χ2v) is 6.64. The van der Waals surface area contributed by atoms with Gasteiger partial charge in [-0.05, 0) is 11.1 Å². The first-order valence-electron chi connectivity index (χ1n) is 8.30. The molecular formula is C18H12F5N3O. The molecule has 0 amide bonds. The van der Waals surface area contributed by atoms with Gasteiger partial charge in [0.1, 0.15) is 19.0 Å². The molecule has 9 heteroatoms. The Morgan fingerprint density at radius 2 is 1.59 bits per heavy atom. The SMILES string of the molecule is Fc1c(F)c(F)c(N2CN3C(=N2)COC2Cc4ccccc4C23)c(F)c1F. The molecule has 0 aromatic heterocycles. The van der Waals surface area contributed by atoms with Gasteiger partial charge in [-0.1, -0.05) is 24.3 Å². The molecule has 2 unspecified atom stereocenters. The minimum Gasteiger partial charge on any atom is -0.367 e. The number of amidine groups is 1. The maximum absolute atomic E-state index is 14.2. The van der Waals surface area contributed by atoms with Gasteiger partial charge in [0.25, 0.3) is 0 Å². The maximum Gasteiger partial charge on any atom is 0.200 e. The Morgan fingerprint density at radius 3 is 2.33 bits per heavy atom. The molecule has 2 heterocycles. The fourth-order valence-electron chi connectivity index (χ4n) is 3.99. The number of hydrogen-bond donors (Lipinski definition) is 0. The molecule has 4 nitrogen and oxygen atoms in total. The van der Waals surface area contributed by atoms with Crippen LogP contribution in [0.25, 0.3) is 0 Å². The number of halogens is 5. The molecule has 5 rings (SSSR count). The number of hydrogen-bond acceptors (Lipinski definition) is 4. The summed E-state index contributed by atoms with van der Waals surface area (Å²) in [4.78, 5) is 1.79. The van der Waals surface area contributed by atoms with E-state index in [1.54, 1.807) is 4.90 Å². The first-order chi connectivity index (χ1) is 13.0. The Bertz CT molecular complexity index is 966. The molecule has 27 heavy (non-hydrogen) atoms. The van der Waals surface area contributed by atoms with Crippen LogP contribution in [0.5, 0.6) is 0 Å². The second kappa shape index (κ2) is 5.66.